The number of nitrogens with one attached hydrogen (secondary N) is 1. The molecule has 1 aliphatic carbocycles. The highest BCUT2D eigenvalue weighted by Crippen LogP contribution is 2.22. The predicted molar refractivity (Wildman–Crippen MR) is 81.6 cm³/mol. The summed E-state index contributed by atoms with van der Waals surface area (Å²) in [7, 11) is 1.99. The van der Waals surface area contributed by atoms with Crippen molar-refractivity contribution < 1.29 is 0 Å². The van der Waals surface area contributed by atoms with Gasteiger partial charge in [0.2, 0.25) is 0 Å². The molecule has 0 spiro atoms. The Morgan fingerprint density at radius 2 is 2.05 bits per heavy atom. The Morgan fingerprint density at radius 3 is 2.90 bits per heavy atom. The van der Waals surface area contributed by atoms with Crippen molar-refractivity contribution in [2.75, 3.05) is 0 Å². The van der Waals surface area contributed by atoms with Crippen LogP contribution in [0.15, 0.2) is 24.4 Å². The van der Waals surface area contributed by atoms with Crippen molar-refractivity contribution >= 4 is 0 Å². The number of hydrogen-bond donors (Lipinski definition) is 1. The molecule has 0 amide bonds. The second kappa shape index (κ2) is 5.80. The Bertz CT molecular complexity index is 598. The summed E-state index contributed by atoms with van der Waals surface area (Å²) in [6, 6.07) is 6.95. The van der Waals surface area contributed by atoms with E-state index in [1.165, 1.54) is 36.1 Å². The van der Waals surface area contributed by atoms with Gasteiger partial charge in [-0.15, -0.1) is 0 Å². The predicted octanol–water partition coefficient (Wildman–Crippen LogP) is 2.76. The highest BCUT2D eigenvalue weighted by Gasteiger charge is 2.10. The summed E-state index contributed by atoms with van der Waals surface area (Å²) in [5.74, 6) is 0. The van der Waals surface area contributed by atoms with Gasteiger partial charge < -0.3 is 5.32 Å². The molecule has 0 unspecified atom stereocenters. The number of hydrogen-bond acceptors (Lipinski definition) is 2. The zero-order chi connectivity index (χ0) is 13.9. The van der Waals surface area contributed by atoms with E-state index >= 15 is 0 Å². The van der Waals surface area contributed by atoms with Gasteiger partial charge in [-0.3, -0.25) is 4.68 Å². The SMILES string of the molecule is CCc1nn(C)cc1CNCc1ccc2c(c1)CCC2. The van der Waals surface area contributed by atoms with Crippen LogP contribution in [0, 0.1) is 0 Å². The second-order valence-corrected chi connectivity index (χ2v) is 5.69. The van der Waals surface area contributed by atoms with Crippen molar-refractivity contribution in [3.05, 3.63) is 52.3 Å². The van der Waals surface area contributed by atoms with Gasteiger partial charge in [0, 0.05) is 31.9 Å². The van der Waals surface area contributed by atoms with Crippen molar-refractivity contribution in [1.82, 2.24) is 15.1 Å². The van der Waals surface area contributed by atoms with E-state index in [0.717, 1.165) is 19.5 Å². The van der Waals surface area contributed by atoms with E-state index in [0.29, 0.717) is 0 Å². The van der Waals surface area contributed by atoms with Crippen LogP contribution in [-0.2, 0) is 39.4 Å². The minimum Gasteiger partial charge on any atom is -0.308 e. The average molecular weight is 269 g/mol. The first-order valence-corrected chi connectivity index (χ1v) is 7.59. The smallest absolute Gasteiger partial charge is 0.0666 e. The van der Waals surface area contributed by atoms with Crippen LogP contribution in [0.5, 0.6) is 0 Å². The fourth-order valence-corrected chi connectivity index (χ4v) is 3.11. The number of benzene rings is 1. The molecular weight excluding hydrogens is 246 g/mol. The normalized spacial score (nSPS) is 13.7. The van der Waals surface area contributed by atoms with Gasteiger partial charge >= 0.3 is 0 Å². The molecule has 2 aromatic rings. The van der Waals surface area contributed by atoms with E-state index in [-0.39, 0.29) is 0 Å². The third kappa shape index (κ3) is 2.78. The Labute approximate surface area is 121 Å². The van der Waals surface area contributed by atoms with E-state index in [4.69, 9.17) is 0 Å². The molecule has 1 aromatic heterocycles. The molecule has 0 bridgehead atoms. The molecule has 0 aliphatic heterocycles. The molecule has 0 saturated carbocycles. The molecule has 20 heavy (non-hydrogen) atoms. The Kier molecular flexibility index (Phi) is 3.88. The Hall–Kier alpha value is -1.61. The van der Waals surface area contributed by atoms with Crippen LogP contribution in [0.1, 0.15) is 41.3 Å². The Morgan fingerprint density at radius 1 is 1.20 bits per heavy atom. The maximum Gasteiger partial charge on any atom is 0.0666 e. The number of fused-ring (bicyclic) bond motifs is 1. The summed E-state index contributed by atoms with van der Waals surface area (Å²) < 4.78 is 1.91. The summed E-state index contributed by atoms with van der Waals surface area (Å²) in [5, 5.41) is 8.02. The standard InChI is InChI=1S/C17H23N3/c1-3-17-16(12-20(2)19-17)11-18-10-13-7-8-14-5-4-6-15(14)9-13/h7-9,12,18H,3-6,10-11H2,1-2H3. The summed E-state index contributed by atoms with van der Waals surface area (Å²) in [6.45, 7) is 3.99. The highest BCUT2D eigenvalue weighted by molar-refractivity contribution is 5.35. The lowest BCUT2D eigenvalue weighted by Crippen LogP contribution is -2.13. The summed E-state index contributed by atoms with van der Waals surface area (Å²) in [5.41, 5.74) is 7.02. The second-order valence-electron chi connectivity index (χ2n) is 5.69. The van der Waals surface area contributed by atoms with Crippen LogP contribution < -0.4 is 5.32 Å². The summed E-state index contributed by atoms with van der Waals surface area (Å²) in [6.07, 6.45) is 6.96. The van der Waals surface area contributed by atoms with Crippen LogP contribution in [0.3, 0.4) is 0 Å². The molecule has 0 fully saturated rings. The third-order valence-electron chi connectivity index (χ3n) is 4.13. The van der Waals surface area contributed by atoms with Gasteiger partial charge in [0.1, 0.15) is 0 Å². The molecule has 1 N–H and O–H groups in total. The molecule has 1 aromatic carbocycles. The number of nitrogens with zero attached hydrogens (tertiary/aromatic N) is 2. The maximum absolute atomic E-state index is 4.48. The minimum absolute atomic E-state index is 0.897. The lowest BCUT2D eigenvalue weighted by Gasteiger charge is -2.07. The van der Waals surface area contributed by atoms with Gasteiger partial charge in [-0.1, -0.05) is 25.1 Å². The molecule has 3 nitrogen and oxygen atoms in total. The fourth-order valence-electron chi connectivity index (χ4n) is 3.11. The van der Waals surface area contributed by atoms with Gasteiger partial charge in [0.05, 0.1) is 5.69 Å². The molecule has 3 rings (SSSR count). The first kappa shape index (κ1) is 13.4. The van der Waals surface area contributed by atoms with Crippen molar-refractivity contribution in [2.24, 2.45) is 7.05 Å². The van der Waals surface area contributed by atoms with E-state index < -0.39 is 0 Å². The van der Waals surface area contributed by atoms with E-state index in [1.807, 2.05) is 11.7 Å². The highest BCUT2D eigenvalue weighted by atomic mass is 15.3. The van der Waals surface area contributed by atoms with E-state index in [2.05, 4.69) is 41.7 Å². The van der Waals surface area contributed by atoms with Crippen molar-refractivity contribution in [2.45, 2.75) is 45.7 Å². The summed E-state index contributed by atoms with van der Waals surface area (Å²) in [4.78, 5) is 0. The first-order valence-electron chi connectivity index (χ1n) is 7.59. The molecule has 106 valence electrons. The minimum atomic E-state index is 0.897. The third-order valence-corrected chi connectivity index (χ3v) is 4.13. The van der Waals surface area contributed by atoms with Crippen molar-refractivity contribution in [3.63, 3.8) is 0 Å². The zero-order valence-corrected chi connectivity index (χ0v) is 12.4. The molecular formula is C17H23N3. The van der Waals surface area contributed by atoms with E-state index in [1.54, 1.807) is 11.1 Å². The van der Waals surface area contributed by atoms with Gasteiger partial charge in [-0.05, 0) is 42.4 Å². The van der Waals surface area contributed by atoms with Gasteiger partial charge in [0.25, 0.3) is 0 Å². The lowest BCUT2D eigenvalue weighted by molar-refractivity contribution is 0.687. The number of rotatable bonds is 5. The zero-order valence-electron chi connectivity index (χ0n) is 12.4. The lowest BCUT2D eigenvalue weighted by atomic mass is 10.1. The topological polar surface area (TPSA) is 29.9 Å². The van der Waals surface area contributed by atoms with Gasteiger partial charge in [-0.25, -0.2) is 0 Å². The number of aryl methyl sites for hydroxylation is 4. The molecule has 3 heteroatoms. The quantitative estimate of drug-likeness (QED) is 0.904. The largest absolute Gasteiger partial charge is 0.308 e. The van der Waals surface area contributed by atoms with Crippen LogP contribution in [0.2, 0.25) is 0 Å². The van der Waals surface area contributed by atoms with Crippen LogP contribution in [0.25, 0.3) is 0 Å². The van der Waals surface area contributed by atoms with Gasteiger partial charge in [0.15, 0.2) is 0 Å². The van der Waals surface area contributed by atoms with Gasteiger partial charge in [-0.2, -0.15) is 5.10 Å². The van der Waals surface area contributed by atoms with E-state index in [9.17, 15) is 0 Å². The molecule has 0 saturated heterocycles. The fraction of sp³-hybridized carbons (Fsp3) is 0.471. The summed E-state index contributed by atoms with van der Waals surface area (Å²) >= 11 is 0. The molecule has 0 radical (unpaired) electrons. The molecule has 0 atom stereocenters. The number of aromatic nitrogens is 2. The first-order chi connectivity index (χ1) is 9.76. The molecule has 1 aliphatic rings. The van der Waals surface area contributed by atoms with Crippen LogP contribution in [0.4, 0.5) is 0 Å². The Balaban J connectivity index is 1.59. The monoisotopic (exact) mass is 269 g/mol. The molecule has 1 heterocycles. The van der Waals surface area contributed by atoms with Crippen LogP contribution >= 0.6 is 0 Å². The van der Waals surface area contributed by atoms with Crippen molar-refractivity contribution in [1.29, 1.82) is 0 Å². The average Bonchev–Trinajstić information content (AvgIpc) is 3.04. The van der Waals surface area contributed by atoms with Crippen LogP contribution in [-0.4, -0.2) is 9.78 Å². The van der Waals surface area contributed by atoms with Crippen molar-refractivity contribution in [3.8, 4) is 0 Å². The maximum atomic E-state index is 4.48.